The lowest BCUT2D eigenvalue weighted by Crippen LogP contribution is -2.15. The van der Waals surface area contributed by atoms with Crippen molar-refractivity contribution in [3.63, 3.8) is 0 Å². The van der Waals surface area contributed by atoms with E-state index in [4.69, 9.17) is 4.74 Å². The SMILES string of the molecule is CCn1c(SCC(=O)Nc2nc(-c3ccccc3)cs2)nnc1C(C)Oc1cc(C)cc(C)c1. The number of amides is 1. The largest absolute Gasteiger partial charge is 0.483 e. The lowest BCUT2D eigenvalue weighted by molar-refractivity contribution is -0.113. The number of thioether (sulfide) groups is 1. The first kappa shape index (κ1) is 24.0. The Morgan fingerprint density at radius 2 is 1.88 bits per heavy atom. The van der Waals surface area contributed by atoms with Gasteiger partial charge in [0.2, 0.25) is 5.91 Å². The molecular formula is C25H27N5O2S2. The Bertz CT molecular complexity index is 1250. The van der Waals surface area contributed by atoms with Crippen molar-refractivity contribution >= 4 is 34.1 Å². The van der Waals surface area contributed by atoms with Crippen LogP contribution in [0.25, 0.3) is 11.3 Å². The minimum Gasteiger partial charge on any atom is -0.483 e. The van der Waals surface area contributed by atoms with Crippen molar-refractivity contribution < 1.29 is 9.53 Å². The number of anilines is 1. The number of carbonyl (C=O) groups is 1. The van der Waals surface area contributed by atoms with Crippen LogP contribution in [-0.4, -0.2) is 31.4 Å². The smallest absolute Gasteiger partial charge is 0.236 e. The Hall–Kier alpha value is -3.17. The molecule has 0 saturated carbocycles. The highest BCUT2D eigenvalue weighted by Crippen LogP contribution is 2.27. The van der Waals surface area contributed by atoms with Gasteiger partial charge in [-0.2, -0.15) is 0 Å². The number of hydrogen-bond donors (Lipinski definition) is 1. The molecule has 176 valence electrons. The molecular weight excluding hydrogens is 466 g/mol. The van der Waals surface area contributed by atoms with Crippen LogP contribution in [0.15, 0.2) is 59.1 Å². The number of nitrogens with one attached hydrogen (secondary N) is 1. The minimum absolute atomic E-state index is 0.134. The standard InChI is InChI=1S/C25H27N5O2S2/c1-5-30-23(18(4)32-20-12-16(2)11-17(3)13-20)28-29-25(30)34-15-22(31)27-24-26-21(14-33-24)19-9-7-6-8-10-19/h6-14,18H,5,15H2,1-4H3,(H,26,27,31). The van der Waals surface area contributed by atoms with Crippen LogP contribution < -0.4 is 10.1 Å². The molecule has 0 saturated heterocycles. The molecule has 2 aromatic carbocycles. The van der Waals surface area contributed by atoms with Crippen molar-refractivity contribution in [1.82, 2.24) is 19.7 Å². The fraction of sp³-hybridized carbons (Fsp3) is 0.280. The third kappa shape index (κ3) is 5.84. The van der Waals surface area contributed by atoms with Crippen LogP contribution in [0.3, 0.4) is 0 Å². The zero-order chi connectivity index (χ0) is 24.1. The molecule has 34 heavy (non-hydrogen) atoms. The molecule has 4 aromatic rings. The highest BCUT2D eigenvalue weighted by atomic mass is 32.2. The third-order valence-corrected chi connectivity index (χ3v) is 6.81. The molecule has 7 nitrogen and oxygen atoms in total. The summed E-state index contributed by atoms with van der Waals surface area (Å²) in [6.07, 6.45) is -0.274. The van der Waals surface area contributed by atoms with Crippen LogP contribution in [0.1, 0.15) is 36.9 Å². The van der Waals surface area contributed by atoms with E-state index >= 15 is 0 Å². The van der Waals surface area contributed by atoms with Crippen LogP contribution in [0, 0.1) is 13.8 Å². The maximum absolute atomic E-state index is 12.5. The van der Waals surface area contributed by atoms with Crippen molar-refractivity contribution in [2.75, 3.05) is 11.1 Å². The summed E-state index contributed by atoms with van der Waals surface area (Å²) in [7, 11) is 0. The second-order valence-electron chi connectivity index (χ2n) is 7.91. The van der Waals surface area contributed by atoms with Gasteiger partial charge in [-0.1, -0.05) is 48.2 Å². The number of hydrogen-bond acceptors (Lipinski definition) is 7. The molecule has 0 fully saturated rings. The Balaban J connectivity index is 1.37. The molecule has 2 heterocycles. The molecule has 0 aliphatic carbocycles. The van der Waals surface area contributed by atoms with E-state index in [2.05, 4.69) is 26.6 Å². The number of thiazole rings is 1. The summed E-state index contributed by atoms with van der Waals surface area (Å²) in [5.41, 5.74) is 4.17. The maximum atomic E-state index is 12.5. The van der Waals surface area contributed by atoms with Gasteiger partial charge in [0, 0.05) is 17.5 Å². The first-order valence-electron chi connectivity index (χ1n) is 11.0. The minimum atomic E-state index is -0.274. The molecule has 1 atom stereocenters. The van der Waals surface area contributed by atoms with E-state index in [1.54, 1.807) is 0 Å². The predicted octanol–water partition coefficient (Wildman–Crippen LogP) is 5.91. The number of nitrogens with zero attached hydrogens (tertiary/aromatic N) is 4. The Labute approximate surface area is 207 Å². The monoisotopic (exact) mass is 493 g/mol. The lowest BCUT2D eigenvalue weighted by Gasteiger charge is -2.16. The highest BCUT2D eigenvalue weighted by Gasteiger charge is 2.20. The molecule has 9 heteroatoms. The quantitative estimate of drug-likeness (QED) is 0.292. The third-order valence-electron chi connectivity index (χ3n) is 5.09. The fourth-order valence-corrected chi connectivity index (χ4v) is 5.17. The second-order valence-corrected chi connectivity index (χ2v) is 9.71. The number of carbonyl (C=O) groups excluding carboxylic acids is 1. The molecule has 0 bridgehead atoms. The highest BCUT2D eigenvalue weighted by molar-refractivity contribution is 7.99. The predicted molar refractivity (Wildman–Crippen MR) is 138 cm³/mol. The molecule has 0 spiro atoms. The van der Waals surface area contributed by atoms with Gasteiger partial charge < -0.3 is 14.6 Å². The maximum Gasteiger partial charge on any atom is 0.236 e. The fourth-order valence-electron chi connectivity index (χ4n) is 3.62. The molecule has 4 rings (SSSR count). The van der Waals surface area contributed by atoms with Gasteiger partial charge in [-0.05, 0) is 51.0 Å². The van der Waals surface area contributed by atoms with Gasteiger partial charge in [-0.3, -0.25) is 4.79 Å². The van der Waals surface area contributed by atoms with Crippen molar-refractivity contribution in [3.8, 4) is 17.0 Å². The Morgan fingerprint density at radius 1 is 1.15 bits per heavy atom. The summed E-state index contributed by atoms with van der Waals surface area (Å²) >= 11 is 2.76. The van der Waals surface area contributed by atoms with E-state index in [1.807, 2.05) is 80.1 Å². The Kier molecular flexibility index (Phi) is 7.64. The molecule has 0 radical (unpaired) electrons. The summed E-state index contributed by atoms with van der Waals surface area (Å²) in [6, 6.07) is 16.0. The van der Waals surface area contributed by atoms with Gasteiger partial charge >= 0.3 is 0 Å². The van der Waals surface area contributed by atoms with E-state index in [9.17, 15) is 4.79 Å². The van der Waals surface area contributed by atoms with E-state index in [1.165, 1.54) is 23.1 Å². The van der Waals surface area contributed by atoms with Crippen LogP contribution in [0.4, 0.5) is 5.13 Å². The van der Waals surface area contributed by atoms with Gasteiger partial charge in [0.25, 0.3) is 0 Å². The Morgan fingerprint density at radius 3 is 2.59 bits per heavy atom. The number of aromatic nitrogens is 4. The summed E-state index contributed by atoms with van der Waals surface area (Å²) in [6.45, 7) is 8.77. The molecule has 0 aliphatic rings. The molecule has 1 unspecified atom stereocenters. The van der Waals surface area contributed by atoms with Crippen molar-refractivity contribution in [3.05, 3.63) is 70.9 Å². The summed E-state index contributed by atoms with van der Waals surface area (Å²) in [4.78, 5) is 17.0. The van der Waals surface area contributed by atoms with Crippen molar-refractivity contribution in [2.24, 2.45) is 0 Å². The number of ether oxygens (including phenoxy) is 1. The van der Waals surface area contributed by atoms with Crippen LogP contribution in [0.2, 0.25) is 0 Å². The summed E-state index contributed by atoms with van der Waals surface area (Å²) in [5, 5.41) is 14.7. The first-order chi connectivity index (χ1) is 16.4. The van der Waals surface area contributed by atoms with Crippen molar-refractivity contribution in [1.29, 1.82) is 0 Å². The van der Waals surface area contributed by atoms with Gasteiger partial charge in [-0.25, -0.2) is 4.98 Å². The average Bonchev–Trinajstić information content (AvgIpc) is 3.44. The van der Waals surface area contributed by atoms with Gasteiger partial charge in [0.15, 0.2) is 22.2 Å². The van der Waals surface area contributed by atoms with Crippen LogP contribution >= 0.6 is 23.1 Å². The number of benzene rings is 2. The van der Waals surface area contributed by atoms with E-state index in [-0.39, 0.29) is 17.8 Å². The van der Waals surface area contributed by atoms with E-state index in [0.717, 1.165) is 34.0 Å². The summed E-state index contributed by atoms with van der Waals surface area (Å²) < 4.78 is 8.13. The zero-order valence-electron chi connectivity index (χ0n) is 19.6. The molecule has 0 aliphatic heterocycles. The molecule has 1 amide bonds. The van der Waals surface area contributed by atoms with E-state index < -0.39 is 0 Å². The second kappa shape index (κ2) is 10.8. The normalized spacial score (nSPS) is 11.9. The van der Waals surface area contributed by atoms with Gasteiger partial charge in [0.1, 0.15) is 5.75 Å². The first-order valence-corrected chi connectivity index (χ1v) is 12.9. The van der Waals surface area contributed by atoms with Crippen molar-refractivity contribution in [2.45, 2.75) is 45.5 Å². The van der Waals surface area contributed by atoms with Gasteiger partial charge in [0.05, 0.1) is 11.4 Å². The average molecular weight is 494 g/mol. The van der Waals surface area contributed by atoms with Crippen LogP contribution in [0.5, 0.6) is 5.75 Å². The van der Waals surface area contributed by atoms with Crippen LogP contribution in [-0.2, 0) is 11.3 Å². The zero-order valence-corrected chi connectivity index (χ0v) is 21.2. The van der Waals surface area contributed by atoms with Gasteiger partial charge in [-0.15, -0.1) is 21.5 Å². The van der Waals surface area contributed by atoms with E-state index in [0.29, 0.717) is 16.8 Å². The topological polar surface area (TPSA) is 81.9 Å². The molecule has 1 N–H and O–H groups in total. The lowest BCUT2D eigenvalue weighted by atomic mass is 10.1. The molecule has 2 aromatic heterocycles. The summed E-state index contributed by atoms with van der Waals surface area (Å²) in [5.74, 6) is 1.62. The number of aryl methyl sites for hydroxylation is 2. The number of rotatable bonds is 9.